The minimum absolute atomic E-state index is 0.361. The summed E-state index contributed by atoms with van der Waals surface area (Å²) >= 11 is 5.08. The van der Waals surface area contributed by atoms with Gasteiger partial charge in [0.2, 0.25) is 0 Å². The lowest BCUT2D eigenvalue weighted by molar-refractivity contribution is 0.415. The second kappa shape index (κ2) is 6.39. The molecular weight excluding hydrogens is 268 g/mol. The Morgan fingerprint density at radius 2 is 1.90 bits per heavy atom. The summed E-state index contributed by atoms with van der Waals surface area (Å²) in [5, 5.41) is 3.33. The molecule has 2 aromatic carbocycles. The molecular formula is C16H18N2OS. The van der Waals surface area contributed by atoms with E-state index in [0.717, 1.165) is 29.1 Å². The molecule has 0 aliphatic carbocycles. The lowest BCUT2D eigenvalue weighted by atomic mass is 10.1. The smallest absolute Gasteiger partial charge is 0.120 e. The minimum atomic E-state index is 0.361. The summed E-state index contributed by atoms with van der Waals surface area (Å²) in [6, 6.07) is 13.9. The highest BCUT2D eigenvalue weighted by Gasteiger charge is 2.07. The maximum atomic E-state index is 5.76. The van der Waals surface area contributed by atoms with E-state index in [4.69, 9.17) is 22.7 Å². The summed E-state index contributed by atoms with van der Waals surface area (Å²) in [7, 11) is 1.63. The van der Waals surface area contributed by atoms with Gasteiger partial charge in [-0.1, -0.05) is 31.3 Å². The monoisotopic (exact) mass is 286 g/mol. The van der Waals surface area contributed by atoms with Crippen LogP contribution in [0.4, 0.5) is 11.4 Å². The van der Waals surface area contributed by atoms with Crippen molar-refractivity contribution in [3.05, 3.63) is 53.6 Å². The first-order valence-electron chi connectivity index (χ1n) is 6.48. The Kier molecular flexibility index (Phi) is 4.58. The van der Waals surface area contributed by atoms with E-state index in [2.05, 4.69) is 24.4 Å². The summed E-state index contributed by atoms with van der Waals surface area (Å²) in [4.78, 5) is 0.361. The Morgan fingerprint density at radius 1 is 1.20 bits per heavy atom. The van der Waals surface area contributed by atoms with Crippen molar-refractivity contribution >= 4 is 28.6 Å². The third-order valence-corrected chi connectivity index (χ3v) is 3.35. The largest absolute Gasteiger partial charge is 0.497 e. The van der Waals surface area contributed by atoms with E-state index < -0.39 is 0 Å². The normalized spacial score (nSPS) is 10.1. The number of aryl methyl sites for hydroxylation is 1. The Balaban J connectivity index is 2.32. The van der Waals surface area contributed by atoms with Crippen molar-refractivity contribution in [2.24, 2.45) is 5.73 Å². The van der Waals surface area contributed by atoms with Gasteiger partial charge in [-0.3, -0.25) is 0 Å². The molecule has 104 valence electrons. The number of nitrogens with two attached hydrogens (primary N) is 1. The molecule has 0 spiro atoms. The fraction of sp³-hybridized carbons (Fsp3) is 0.188. The Hall–Kier alpha value is -2.07. The topological polar surface area (TPSA) is 47.3 Å². The maximum absolute atomic E-state index is 5.76. The summed E-state index contributed by atoms with van der Waals surface area (Å²) < 4.78 is 5.24. The van der Waals surface area contributed by atoms with Crippen molar-refractivity contribution in [3.8, 4) is 5.75 Å². The molecule has 2 aromatic rings. The van der Waals surface area contributed by atoms with Crippen LogP contribution < -0.4 is 15.8 Å². The van der Waals surface area contributed by atoms with Gasteiger partial charge in [-0.05, 0) is 36.2 Å². The number of nitrogens with one attached hydrogen (secondary N) is 1. The fourth-order valence-corrected chi connectivity index (χ4v) is 2.13. The minimum Gasteiger partial charge on any atom is -0.497 e. The zero-order valence-corrected chi connectivity index (χ0v) is 12.5. The second-order valence-corrected chi connectivity index (χ2v) is 4.89. The van der Waals surface area contributed by atoms with Crippen LogP contribution in [0.1, 0.15) is 18.1 Å². The van der Waals surface area contributed by atoms with E-state index >= 15 is 0 Å². The van der Waals surface area contributed by atoms with Crippen LogP contribution in [0.5, 0.6) is 5.75 Å². The van der Waals surface area contributed by atoms with Crippen LogP contribution in [0, 0.1) is 0 Å². The van der Waals surface area contributed by atoms with E-state index in [1.807, 2.05) is 30.3 Å². The van der Waals surface area contributed by atoms with Crippen LogP contribution in [0.25, 0.3) is 0 Å². The van der Waals surface area contributed by atoms with E-state index in [0.29, 0.717) is 4.99 Å². The van der Waals surface area contributed by atoms with E-state index in [-0.39, 0.29) is 0 Å². The molecule has 3 N–H and O–H groups in total. The van der Waals surface area contributed by atoms with E-state index in [1.54, 1.807) is 7.11 Å². The van der Waals surface area contributed by atoms with Gasteiger partial charge in [-0.25, -0.2) is 0 Å². The molecule has 3 nitrogen and oxygen atoms in total. The zero-order chi connectivity index (χ0) is 14.5. The van der Waals surface area contributed by atoms with Gasteiger partial charge in [-0.15, -0.1) is 0 Å². The first-order valence-corrected chi connectivity index (χ1v) is 6.88. The molecule has 0 bridgehead atoms. The van der Waals surface area contributed by atoms with E-state index in [9.17, 15) is 0 Å². The molecule has 4 heteroatoms. The molecule has 20 heavy (non-hydrogen) atoms. The van der Waals surface area contributed by atoms with Gasteiger partial charge in [0.15, 0.2) is 0 Å². The van der Waals surface area contributed by atoms with Gasteiger partial charge in [-0.2, -0.15) is 0 Å². The van der Waals surface area contributed by atoms with Crippen LogP contribution in [0.15, 0.2) is 42.5 Å². The fourth-order valence-electron chi connectivity index (χ4n) is 1.95. The van der Waals surface area contributed by atoms with Gasteiger partial charge in [0, 0.05) is 17.3 Å². The molecule has 0 atom stereocenters. The maximum Gasteiger partial charge on any atom is 0.120 e. The predicted molar refractivity (Wildman–Crippen MR) is 88.0 cm³/mol. The standard InChI is InChI=1S/C16H18N2OS/c1-3-11-4-6-12(7-5-11)18-15-10-13(19-2)8-9-14(15)16(17)20/h4-10,18H,3H2,1-2H3,(H2,17,20). The molecule has 0 aliphatic rings. The SMILES string of the molecule is CCc1ccc(Nc2cc(OC)ccc2C(N)=S)cc1. The second-order valence-electron chi connectivity index (χ2n) is 4.45. The lowest BCUT2D eigenvalue weighted by Crippen LogP contribution is -2.12. The number of ether oxygens (including phenoxy) is 1. The van der Waals surface area contributed by atoms with Crippen molar-refractivity contribution in [2.75, 3.05) is 12.4 Å². The number of anilines is 2. The molecule has 0 aromatic heterocycles. The molecule has 0 saturated carbocycles. The summed E-state index contributed by atoms with van der Waals surface area (Å²) in [5.74, 6) is 0.762. The number of benzene rings is 2. The Bertz CT molecular complexity index is 608. The summed E-state index contributed by atoms with van der Waals surface area (Å²) in [6.45, 7) is 2.13. The summed E-state index contributed by atoms with van der Waals surface area (Å²) in [5.41, 5.74) is 9.71. The summed E-state index contributed by atoms with van der Waals surface area (Å²) in [6.07, 6.45) is 1.03. The molecule has 0 amide bonds. The Labute approximate surface area is 124 Å². The Morgan fingerprint density at radius 3 is 2.45 bits per heavy atom. The van der Waals surface area contributed by atoms with Gasteiger partial charge in [0.05, 0.1) is 12.8 Å². The third kappa shape index (κ3) is 3.27. The van der Waals surface area contributed by atoms with Crippen molar-refractivity contribution in [2.45, 2.75) is 13.3 Å². The van der Waals surface area contributed by atoms with Gasteiger partial charge >= 0.3 is 0 Å². The van der Waals surface area contributed by atoms with Crippen molar-refractivity contribution in [1.29, 1.82) is 0 Å². The third-order valence-electron chi connectivity index (χ3n) is 3.13. The number of hydrogen-bond donors (Lipinski definition) is 2. The molecule has 0 aliphatic heterocycles. The molecule has 0 fully saturated rings. The number of rotatable bonds is 5. The van der Waals surface area contributed by atoms with Crippen molar-refractivity contribution in [1.82, 2.24) is 0 Å². The first kappa shape index (κ1) is 14.3. The highest BCUT2D eigenvalue weighted by molar-refractivity contribution is 7.80. The average Bonchev–Trinajstić information content (AvgIpc) is 2.47. The quantitative estimate of drug-likeness (QED) is 0.824. The zero-order valence-electron chi connectivity index (χ0n) is 11.6. The first-order chi connectivity index (χ1) is 9.63. The molecule has 0 heterocycles. The van der Waals surface area contributed by atoms with Crippen LogP contribution in [-0.2, 0) is 6.42 Å². The predicted octanol–water partition coefficient (Wildman–Crippen LogP) is 3.64. The molecule has 0 saturated heterocycles. The number of methoxy groups -OCH3 is 1. The number of hydrogen-bond acceptors (Lipinski definition) is 3. The highest BCUT2D eigenvalue weighted by atomic mass is 32.1. The van der Waals surface area contributed by atoms with Gasteiger partial charge in [0.1, 0.15) is 10.7 Å². The van der Waals surface area contributed by atoms with Crippen molar-refractivity contribution in [3.63, 3.8) is 0 Å². The number of thiocarbonyl (C=S) groups is 1. The van der Waals surface area contributed by atoms with Crippen LogP contribution in [-0.4, -0.2) is 12.1 Å². The van der Waals surface area contributed by atoms with Gasteiger partial charge in [0.25, 0.3) is 0 Å². The molecule has 0 radical (unpaired) electrons. The van der Waals surface area contributed by atoms with Crippen molar-refractivity contribution < 1.29 is 4.74 Å². The highest BCUT2D eigenvalue weighted by Crippen LogP contribution is 2.26. The van der Waals surface area contributed by atoms with Crippen LogP contribution >= 0.6 is 12.2 Å². The van der Waals surface area contributed by atoms with E-state index in [1.165, 1.54) is 5.56 Å². The lowest BCUT2D eigenvalue weighted by Gasteiger charge is -2.13. The van der Waals surface area contributed by atoms with Gasteiger partial charge < -0.3 is 15.8 Å². The molecule has 2 rings (SSSR count). The molecule has 0 unspecified atom stereocenters. The average molecular weight is 286 g/mol. The van der Waals surface area contributed by atoms with Crippen LogP contribution in [0.3, 0.4) is 0 Å². The van der Waals surface area contributed by atoms with Crippen LogP contribution in [0.2, 0.25) is 0 Å².